The van der Waals surface area contributed by atoms with Gasteiger partial charge in [-0.05, 0) is 38.5 Å². The largest absolute Gasteiger partial charge is 0.394 e. The van der Waals surface area contributed by atoms with Crippen LogP contribution in [-0.2, 0) is 10.4 Å². The zero-order valence-electron chi connectivity index (χ0n) is 15.8. The summed E-state index contributed by atoms with van der Waals surface area (Å²) >= 11 is 0. The van der Waals surface area contributed by atoms with E-state index in [9.17, 15) is 5.11 Å². The molecule has 0 saturated heterocycles. The van der Waals surface area contributed by atoms with Gasteiger partial charge in [0, 0.05) is 25.6 Å². The van der Waals surface area contributed by atoms with Crippen molar-refractivity contribution in [1.82, 2.24) is 14.5 Å². The molecule has 4 N–H and O–H groups in total. The van der Waals surface area contributed by atoms with Gasteiger partial charge in [-0.2, -0.15) is 13.7 Å². The lowest BCUT2D eigenvalue weighted by atomic mass is 9.84. The number of hydrogen-bond donors (Lipinski definition) is 4. The lowest BCUT2D eigenvalue weighted by Gasteiger charge is -2.30. The van der Waals surface area contributed by atoms with E-state index in [2.05, 4.69) is 25.9 Å². The van der Waals surface area contributed by atoms with Crippen LogP contribution < -0.4 is 5.32 Å². The van der Waals surface area contributed by atoms with Gasteiger partial charge in [0.25, 0.3) is 0 Å². The minimum Gasteiger partial charge on any atom is -0.385 e. The Labute approximate surface area is 163 Å². The summed E-state index contributed by atoms with van der Waals surface area (Å²) in [6.45, 7) is 1.76. The van der Waals surface area contributed by atoms with Gasteiger partial charge in [-0.1, -0.05) is 0 Å². The number of nitrogens with one attached hydrogen (secondary N) is 1. The first kappa shape index (κ1) is 22.0. The molecule has 3 rings (SSSR count). The van der Waals surface area contributed by atoms with Crippen LogP contribution in [0.1, 0.15) is 57.0 Å². The Morgan fingerprint density at radius 1 is 1.36 bits per heavy atom. The Bertz CT molecular complexity index is 935. The normalized spacial score (nSPS) is 20.7. The molecule has 154 valence electrons. The van der Waals surface area contributed by atoms with Crippen LogP contribution in [0.15, 0.2) is 12.3 Å². The minimum atomic E-state index is -4.67. The number of hydrogen-bond acceptors (Lipinski definition) is 7. The number of pyridine rings is 1. The number of anilines is 1. The average Bonchev–Trinajstić information content (AvgIpc) is 3.00. The molecule has 1 aliphatic carbocycles. The smallest absolute Gasteiger partial charge is 0.385 e. The maximum Gasteiger partial charge on any atom is 0.394 e. The van der Waals surface area contributed by atoms with Gasteiger partial charge in [-0.3, -0.25) is 9.11 Å². The molecule has 0 aliphatic heterocycles. The lowest BCUT2D eigenvalue weighted by molar-refractivity contribution is 0.175. The Morgan fingerprint density at radius 3 is 2.46 bits per heavy atom. The molecule has 0 aromatic carbocycles. The second-order valence-corrected chi connectivity index (χ2v) is 7.70. The monoisotopic (exact) mass is 411 g/mol. The molecular formula is C17H25N5O5S. The second-order valence-electron chi connectivity index (χ2n) is 6.81. The molecule has 2 aromatic heterocycles. The molecule has 1 aliphatic rings. The van der Waals surface area contributed by atoms with E-state index in [1.807, 2.05) is 13.1 Å². The maximum atomic E-state index is 10.1. The fourth-order valence-electron chi connectivity index (χ4n) is 3.57. The molecule has 11 heteroatoms. The van der Waals surface area contributed by atoms with Gasteiger partial charge in [0.2, 0.25) is 0 Å². The molecule has 2 aromatic rings. The summed E-state index contributed by atoms with van der Waals surface area (Å²) < 4.78 is 33.8. The molecule has 1 saturated carbocycles. The van der Waals surface area contributed by atoms with E-state index in [-0.39, 0.29) is 0 Å². The third-order valence-electron chi connectivity index (χ3n) is 4.79. The van der Waals surface area contributed by atoms with Crippen LogP contribution in [0.3, 0.4) is 0 Å². The average molecular weight is 411 g/mol. The Kier molecular flexibility index (Phi) is 7.31. The lowest BCUT2D eigenvalue weighted by Crippen LogP contribution is -2.20. The van der Waals surface area contributed by atoms with E-state index in [0.29, 0.717) is 24.2 Å². The molecule has 2 heterocycles. The van der Waals surface area contributed by atoms with Crippen LogP contribution in [0.4, 0.5) is 5.82 Å². The number of imidazole rings is 1. The number of aromatic nitrogens is 3. The van der Waals surface area contributed by atoms with Gasteiger partial charge < -0.3 is 15.0 Å². The molecule has 0 unspecified atom stereocenters. The molecule has 0 amide bonds. The standard InChI is InChI=1S/C17H23N5O.H2O4S/c1-11(23)17-21-14-10-20-16(19-2)9-15(14)22(17)13-5-3-12(4-6-13)7-8-18;1-5(2,3)4/h9-13,23H,3-7H2,1-2H3,(H,19,20);(H2,1,2,3,4)/t11-,12?,13?;/m1./s1. The highest BCUT2D eigenvalue weighted by molar-refractivity contribution is 7.79. The van der Waals surface area contributed by atoms with Crippen molar-refractivity contribution >= 4 is 27.3 Å². The number of fused-ring (bicyclic) bond motifs is 1. The highest BCUT2D eigenvalue weighted by Crippen LogP contribution is 2.37. The van der Waals surface area contributed by atoms with Crippen molar-refractivity contribution in [1.29, 1.82) is 5.26 Å². The third-order valence-corrected chi connectivity index (χ3v) is 4.79. The fourth-order valence-corrected chi connectivity index (χ4v) is 3.57. The Hall–Kier alpha value is -2.26. The highest BCUT2D eigenvalue weighted by Gasteiger charge is 2.27. The fraction of sp³-hybridized carbons (Fsp3) is 0.588. The number of nitrogens with zero attached hydrogens (tertiary/aromatic N) is 4. The van der Waals surface area contributed by atoms with Crippen LogP contribution in [0.5, 0.6) is 0 Å². The SMILES string of the molecule is CNc1cc2c(cn1)nc([C@@H](C)O)n2C1CCC(CC#N)CC1.O=S(=O)(O)O. The van der Waals surface area contributed by atoms with Gasteiger partial charge in [0.15, 0.2) is 0 Å². The van der Waals surface area contributed by atoms with Crippen molar-refractivity contribution in [2.24, 2.45) is 5.92 Å². The van der Waals surface area contributed by atoms with Crippen molar-refractivity contribution in [3.05, 3.63) is 18.1 Å². The summed E-state index contributed by atoms with van der Waals surface area (Å²) in [6, 6.07) is 4.61. The van der Waals surface area contributed by atoms with Crippen LogP contribution in [-0.4, -0.2) is 44.2 Å². The summed E-state index contributed by atoms with van der Waals surface area (Å²) in [5, 5.41) is 22.1. The van der Waals surface area contributed by atoms with Gasteiger partial charge in [0.1, 0.15) is 23.3 Å². The molecule has 1 fully saturated rings. The molecule has 0 radical (unpaired) electrons. The predicted octanol–water partition coefficient (Wildman–Crippen LogP) is 2.52. The third kappa shape index (κ3) is 5.87. The van der Waals surface area contributed by atoms with Crippen LogP contribution in [0.2, 0.25) is 0 Å². The van der Waals surface area contributed by atoms with E-state index in [1.54, 1.807) is 13.1 Å². The number of nitriles is 1. The van der Waals surface area contributed by atoms with Crippen LogP contribution in [0.25, 0.3) is 11.0 Å². The van der Waals surface area contributed by atoms with Gasteiger partial charge >= 0.3 is 10.4 Å². The van der Waals surface area contributed by atoms with E-state index < -0.39 is 16.5 Å². The van der Waals surface area contributed by atoms with Crippen molar-refractivity contribution in [3.63, 3.8) is 0 Å². The molecular weight excluding hydrogens is 386 g/mol. The van der Waals surface area contributed by atoms with Crippen molar-refractivity contribution in [2.45, 2.75) is 51.2 Å². The Morgan fingerprint density at radius 2 is 1.96 bits per heavy atom. The molecule has 1 atom stereocenters. The minimum absolute atomic E-state index is 0.326. The second kappa shape index (κ2) is 9.29. The molecule has 0 bridgehead atoms. The summed E-state index contributed by atoms with van der Waals surface area (Å²) in [5.74, 6) is 2.02. The van der Waals surface area contributed by atoms with Crippen molar-refractivity contribution in [2.75, 3.05) is 12.4 Å². The summed E-state index contributed by atoms with van der Waals surface area (Å²) in [5.41, 5.74) is 1.84. The van der Waals surface area contributed by atoms with E-state index in [0.717, 1.165) is 42.5 Å². The maximum absolute atomic E-state index is 10.1. The summed E-state index contributed by atoms with van der Waals surface area (Å²) in [7, 11) is -2.82. The topological polar surface area (TPSA) is 161 Å². The summed E-state index contributed by atoms with van der Waals surface area (Å²) in [6.07, 6.45) is 5.95. The first-order chi connectivity index (χ1) is 13.1. The van der Waals surface area contributed by atoms with E-state index in [1.165, 1.54) is 0 Å². The number of aliphatic hydroxyl groups excluding tert-OH is 1. The van der Waals surface area contributed by atoms with E-state index >= 15 is 0 Å². The quantitative estimate of drug-likeness (QED) is 0.554. The van der Waals surface area contributed by atoms with Crippen LogP contribution >= 0.6 is 0 Å². The van der Waals surface area contributed by atoms with E-state index in [4.69, 9.17) is 22.8 Å². The highest BCUT2D eigenvalue weighted by atomic mass is 32.3. The predicted molar refractivity (Wildman–Crippen MR) is 103 cm³/mol. The zero-order chi connectivity index (χ0) is 20.9. The first-order valence-corrected chi connectivity index (χ1v) is 10.3. The van der Waals surface area contributed by atoms with Crippen LogP contribution in [0, 0.1) is 17.2 Å². The van der Waals surface area contributed by atoms with Gasteiger partial charge in [-0.25, -0.2) is 9.97 Å². The molecule has 28 heavy (non-hydrogen) atoms. The zero-order valence-corrected chi connectivity index (χ0v) is 16.6. The number of rotatable bonds is 4. The van der Waals surface area contributed by atoms with Gasteiger partial charge in [0.05, 0.1) is 17.8 Å². The number of aliphatic hydroxyl groups is 1. The Balaban J connectivity index is 0.000000500. The van der Waals surface area contributed by atoms with Crippen molar-refractivity contribution in [3.8, 4) is 6.07 Å². The van der Waals surface area contributed by atoms with Crippen molar-refractivity contribution < 1.29 is 22.6 Å². The summed E-state index contributed by atoms with van der Waals surface area (Å²) in [4.78, 5) is 8.90. The molecule has 0 spiro atoms. The van der Waals surface area contributed by atoms with Gasteiger partial charge in [-0.15, -0.1) is 0 Å². The molecule has 10 nitrogen and oxygen atoms in total. The first-order valence-electron chi connectivity index (χ1n) is 8.94.